The molecule has 1 aliphatic rings. The molecule has 0 bridgehead atoms. The van der Waals surface area contributed by atoms with Gasteiger partial charge < -0.3 is 29.1 Å². The molecule has 0 atom stereocenters. The van der Waals surface area contributed by atoms with Crippen LogP contribution in [0.1, 0.15) is 75.1 Å². The van der Waals surface area contributed by atoms with Crippen LogP contribution in [0.3, 0.4) is 0 Å². The average molecular weight is 1070 g/mol. The predicted octanol–water partition coefficient (Wildman–Crippen LogP) is -4.45. The molecule has 0 spiro atoms. The van der Waals surface area contributed by atoms with Crippen molar-refractivity contribution in [2.24, 2.45) is 0 Å². The molecule has 0 unspecified atom stereocenters. The third kappa shape index (κ3) is 15.3. The number of carbonyl (C=O) groups is 2. The van der Waals surface area contributed by atoms with Crippen LogP contribution in [0.2, 0.25) is 0 Å². The molecule has 26 heteroatoms. The maximum Gasteiger partial charge on any atom is 1.00 e. The summed E-state index contributed by atoms with van der Waals surface area (Å²) in [5.74, 6) is -3.37. The average Bonchev–Trinajstić information content (AvgIpc) is 3.30. The summed E-state index contributed by atoms with van der Waals surface area (Å²) in [4.78, 5) is 24.3. The van der Waals surface area contributed by atoms with E-state index in [0.717, 1.165) is 79.6 Å². The molecule has 344 valence electrons. The Hall–Kier alpha value is -1.60. The zero-order valence-electron chi connectivity index (χ0n) is 37.5. The molecular formula is C44H30F2Na4O16S4. The number of hydrogen-bond acceptors (Lipinski definition) is 18. The molecule has 6 aromatic carbocycles. The summed E-state index contributed by atoms with van der Waals surface area (Å²) in [5.41, 5.74) is 0.717. The molecule has 0 heterocycles. The summed E-state index contributed by atoms with van der Waals surface area (Å²) in [5, 5.41) is 27.6. The van der Waals surface area contributed by atoms with Gasteiger partial charge >= 0.3 is 118 Å². The first-order valence-electron chi connectivity index (χ1n) is 19.2. The standard InChI is InChI=1S/C44H34F2O16S4.4Na/c45-34-16-4-26(22-38(34)63-61-59-49)42(47)29-7-19-37(41(25-29)66(54,55)56)58-33-14-10-31(11-15-33)44(20-2-1-3-21-44)30-8-12-32(13-9-30)57-36-18-6-27(23-39(36)64-62-60-50)43(48)28-5-17-35(46)40(24-28)65(51,52)53;;;;/h4-19,22-25,49-50H,1-3,20-21H2,(H,51,52,53)(H,54,55,56);;;;/q;4*+1/p-4. The van der Waals surface area contributed by atoms with Crippen molar-refractivity contribution in [3.63, 3.8) is 0 Å². The summed E-state index contributed by atoms with van der Waals surface area (Å²) in [6.07, 6.45) is 4.37. The van der Waals surface area contributed by atoms with Crippen molar-refractivity contribution in [2.75, 3.05) is 0 Å². The third-order valence-electron chi connectivity index (χ3n) is 10.6. The zero-order chi connectivity index (χ0) is 47.2. The molecule has 1 saturated carbocycles. The zero-order valence-corrected chi connectivity index (χ0v) is 48.8. The minimum absolute atomic E-state index is 0. The fourth-order valence-electron chi connectivity index (χ4n) is 7.54. The van der Waals surface area contributed by atoms with Gasteiger partial charge in [0.15, 0.2) is 11.6 Å². The van der Waals surface area contributed by atoms with Crippen LogP contribution in [-0.4, -0.2) is 37.5 Å². The Labute approximate surface area is 497 Å². The number of ketones is 2. The minimum Gasteiger partial charge on any atom is -0.744 e. The van der Waals surface area contributed by atoms with E-state index in [1.54, 1.807) is 24.3 Å². The summed E-state index contributed by atoms with van der Waals surface area (Å²) < 4.78 is 121. The summed E-state index contributed by atoms with van der Waals surface area (Å²) in [6, 6.07) is 26.8. The Morgan fingerprint density at radius 3 is 1.39 bits per heavy atom. The van der Waals surface area contributed by atoms with Crippen LogP contribution < -0.4 is 138 Å². The van der Waals surface area contributed by atoms with Crippen molar-refractivity contribution in [1.82, 2.24) is 0 Å². The van der Waals surface area contributed by atoms with Crippen LogP contribution in [0.25, 0.3) is 0 Å². The molecule has 0 saturated heterocycles. The van der Waals surface area contributed by atoms with Crippen molar-refractivity contribution in [3.05, 3.63) is 166 Å². The van der Waals surface area contributed by atoms with Crippen molar-refractivity contribution < 1.29 is 201 Å². The van der Waals surface area contributed by atoms with E-state index in [4.69, 9.17) is 9.47 Å². The Kier molecular flexibility index (Phi) is 24.9. The monoisotopic (exact) mass is 1070 g/mol. The van der Waals surface area contributed by atoms with Gasteiger partial charge in [0.25, 0.3) is 0 Å². The maximum absolute atomic E-state index is 14.1. The van der Waals surface area contributed by atoms with E-state index >= 15 is 0 Å². The van der Waals surface area contributed by atoms with Crippen LogP contribution in [-0.2, 0) is 44.4 Å². The smallest absolute Gasteiger partial charge is 0.744 e. The van der Waals surface area contributed by atoms with E-state index < -0.39 is 58.6 Å². The quantitative estimate of drug-likeness (QED) is 0.0197. The number of hydrogen-bond donors (Lipinski definition) is 0. The largest absolute Gasteiger partial charge is 1.00 e. The number of halogens is 2. The minimum atomic E-state index is -5.22. The summed E-state index contributed by atoms with van der Waals surface area (Å²) in [6.45, 7) is 0. The first kappa shape index (κ1) is 62.7. The van der Waals surface area contributed by atoms with Crippen molar-refractivity contribution in [1.29, 1.82) is 0 Å². The molecule has 7 rings (SSSR count). The van der Waals surface area contributed by atoms with Crippen LogP contribution >= 0.6 is 24.1 Å². The molecule has 70 heavy (non-hydrogen) atoms. The van der Waals surface area contributed by atoms with Crippen LogP contribution in [0.5, 0.6) is 23.0 Å². The van der Waals surface area contributed by atoms with Crippen molar-refractivity contribution >= 4 is 55.9 Å². The van der Waals surface area contributed by atoms with Crippen molar-refractivity contribution in [2.45, 2.75) is 57.1 Å². The van der Waals surface area contributed by atoms with Gasteiger partial charge in [-0.2, -0.15) is 8.67 Å². The van der Waals surface area contributed by atoms with E-state index in [1.807, 2.05) is 24.3 Å². The van der Waals surface area contributed by atoms with Crippen LogP contribution in [0.4, 0.5) is 8.78 Å². The van der Waals surface area contributed by atoms with E-state index in [0.29, 0.717) is 29.9 Å². The van der Waals surface area contributed by atoms with Crippen LogP contribution in [0, 0.1) is 11.6 Å². The molecule has 1 fully saturated rings. The van der Waals surface area contributed by atoms with E-state index in [1.165, 1.54) is 24.3 Å². The van der Waals surface area contributed by atoms with Gasteiger partial charge in [-0.15, -0.1) is 0 Å². The van der Waals surface area contributed by atoms with Gasteiger partial charge in [0.1, 0.15) is 54.9 Å². The van der Waals surface area contributed by atoms with Crippen molar-refractivity contribution in [3.8, 4) is 23.0 Å². The number of carbonyl (C=O) groups excluding carboxylic acids is 2. The Bertz CT molecular complexity index is 3020. The first-order chi connectivity index (χ1) is 31.5. The van der Waals surface area contributed by atoms with E-state index in [2.05, 4.69) is 18.7 Å². The molecule has 0 amide bonds. The number of rotatable bonds is 18. The second-order valence-corrected chi connectivity index (χ2v) is 18.7. The third-order valence-corrected chi connectivity index (χ3v) is 13.6. The van der Waals surface area contributed by atoms with Gasteiger partial charge in [-0.1, -0.05) is 43.5 Å². The number of ether oxygens (including phenoxy) is 2. The van der Waals surface area contributed by atoms with Crippen LogP contribution in [0.15, 0.2) is 141 Å². The molecular weight excluding hydrogens is 1040 g/mol. The molecule has 0 aromatic heterocycles. The first-order valence-corrected chi connectivity index (χ1v) is 23.5. The normalized spacial score (nSPS) is 13.1. The second kappa shape index (κ2) is 27.8. The molecule has 0 N–H and O–H groups in total. The molecule has 16 nitrogen and oxygen atoms in total. The van der Waals surface area contributed by atoms with Gasteiger partial charge in [0.2, 0.25) is 0 Å². The molecule has 6 aromatic rings. The molecule has 0 aliphatic heterocycles. The fraction of sp³-hybridized carbons (Fsp3) is 0.136. The summed E-state index contributed by atoms with van der Waals surface area (Å²) >= 11 is 0.639. The Balaban J connectivity index is 0.00000324. The van der Waals surface area contributed by atoms with Gasteiger partial charge in [0, 0.05) is 27.7 Å². The predicted molar refractivity (Wildman–Crippen MR) is 221 cm³/mol. The van der Waals surface area contributed by atoms with E-state index in [9.17, 15) is 54.8 Å². The summed E-state index contributed by atoms with van der Waals surface area (Å²) in [7, 11) is -10.4. The second-order valence-electron chi connectivity index (χ2n) is 14.5. The molecule has 0 radical (unpaired) electrons. The SMILES string of the molecule is O=C(c1ccc(Oc2ccc(C3(c4ccc(Oc5ccc(C(=O)c6ccc(F)c(SOO[O-])c6)cc5S(=O)(=O)[O-])cc4)CCCCC3)cc2)c(SOO[O-])c1)c1ccc(F)c(S(=O)(=O)[O-])c1.[Na+].[Na+].[Na+].[Na+]. The maximum atomic E-state index is 14.1. The number of benzene rings is 6. The van der Waals surface area contributed by atoms with Gasteiger partial charge in [-0.05, 0) is 121 Å². The van der Waals surface area contributed by atoms with Gasteiger partial charge in [-0.3, -0.25) is 19.7 Å². The Morgan fingerprint density at radius 2 is 0.900 bits per heavy atom. The van der Waals surface area contributed by atoms with Gasteiger partial charge in [0.05, 0.1) is 43.7 Å². The van der Waals surface area contributed by atoms with E-state index in [-0.39, 0.29) is 180 Å². The molecule has 1 aliphatic carbocycles. The fourth-order valence-corrected chi connectivity index (χ4v) is 9.64. The topological polar surface area (TPSA) is 250 Å². The van der Waals surface area contributed by atoms with Gasteiger partial charge in [-0.25, -0.2) is 25.6 Å². The Morgan fingerprint density at radius 1 is 0.500 bits per heavy atom.